The number of rotatable bonds is 4. The number of aliphatic hydroxyl groups excluding tert-OH is 1. The van der Waals surface area contributed by atoms with Crippen molar-refractivity contribution in [2.24, 2.45) is 0 Å². The Morgan fingerprint density at radius 3 is 2.11 bits per heavy atom. The molecular weight excluding hydrogens is 226 g/mol. The Balaban J connectivity index is 1.77. The number of likely N-dealkylation sites (N-methyl/N-ethyl adjacent to an activating group) is 2. The molecule has 2 rings (SSSR count). The number of piperazine rings is 1. The molecule has 0 radical (unpaired) electrons. The minimum atomic E-state index is -0.151. The van der Waals surface area contributed by atoms with Crippen LogP contribution in [0.1, 0.15) is 12.8 Å². The first-order chi connectivity index (χ1) is 8.39. The summed E-state index contributed by atoms with van der Waals surface area (Å²) in [5.74, 6) is 0. The molecule has 2 saturated heterocycles. The van der Waals surface area contributed by atoms with Crippen molar-refractivity contribution in [1.82, 2.24) is 4.90 Å². The first kappa shape index (κ1) is 14.3. The van der Waals surface area contributed by atoms with Crippen molar-refractivity contribution in [2.75, 3.05) is 73.5 Å². The Hall–Kier alpha value is -0.160. The molecule has 4 heteroatoms. The maximum Gasteiger partial charge on any atom is 0.129 e. The molecule has 0 aromatic carbocycles. The molecule has 1 N–H and O–H groups in total. The fraction of sp³-hybridized carbons (Fsp3) is 1.00. The van der Waals surface area contributed by atoms with Gasteiger partial charge in [0.25, 0.3) is 0 Å². The average Bonchev–Trinajstić information content (AvgIpc) is 2.76. The molecule has 4 nitrogen and oxygen atoms in total. The van der Waals surface area contributed by atoms with Crippen LogP contribution in [-0.2, 0) is 0 Å². The molecular formula is C14H31N3O+2. The maximum atomic E-state index is 10.3. The lowest BCUT2D eigenvalue weighted by atomic mass is 10.2. The van der Waals surface area contributed by atoms with Crippen molar-refractivity contribution >= 4 is 0 Å². The second-order valence-corrected chi connectivity index (χ2v) is 7.29. The van der Waals surface area contributed by atoms with Crippen LogP contribution in [-0.4, -0.2) is 98.6 Å². The number of likely N-dealkylation sites (tertiary alicyclic amines) is 1. The summed E-state index contributed by atoms with van der Waals surface area (Å²) in [5, 5.41) is 10.3. The minimum absolute atomic E-state index is 0.151. The quantitative estimate of drug-likeness (QED) is 0.716. The molecule has 2 fully saturated rings. The van der Waals surface area contributed by atoms with Crippen LogP contribution in [0.4, 0.5) is 0 Å². The predicted octanol–water partition coefficient (Wildman–Crippen LogP) is -0.0203. The highest BCUT2D eigenvalue weighted by atomic mass is 16.3. The van der Waals surface area contributed by atoms with Gasteiger partial charge in [0.05, 0.1) is 21.1 Å². The predicted molar refractivity (Wildman–Crippen MR) is 74.3 cm³/mol. The Morgan fingerprint density at radius 2 is 1.56 bits per heavy atom. The number of β-amino-alcohol motifs (C(OH)–C–C–N with tert-alkyl or cyclic N) is 1. The van der Waals surface area contributed by atoms with Gasteiger partial charge in [-0.2, -0.15) is 0 Å². The van der Waals surface area contributed by atoms with E-state index in [0.717, 1.165) is 22.1 Å². The summed E-state index contributed by atoms with van der Waals surface area (Å²) in [4.78, 5) is 2.42. The van der Waals surface area contributed by atoms with Gasteiger partial charge in [-0.15, -0.1) is 0 Å². The van der Waals surface area contributed by atoms with Gasteiger partial charge in [-0.3, -0.25) is 0 Å². The van der Waals surface area contributed by atoms with Crippen molar-refractivity contribution < 1.29 is 14.1 Å². The first-order valence-corrected chi connectivity index (χ1v) is 7.45. The van der Waals surface area contributed by atoms with E-state index in [1.165, 1.54) is 52.1 Å². The van der Waals surface area contributed by atoms with Gasteiger partial charge >= 0.3 is 0 Å². The van der Waals surface area contributed by atoms with Crippen LogP contribution in [0.2, 0.25) is 0 Å². The lowest BCUT2D eigenvalue weighted by molar-refractivity contribution is -1.01. The summed E-state index contributed by atoms with van der Waals surface area (Å²) < 4.78 is 2.19. The second-order valence-electron chi connectivity index (χ2n) is 7.29. The molecule has 0 saturated carbocycles. The molecule has 0 bridgehead atoms. The molecule has 18 heavy (non-hydrogen) atoms. The van der Waals surface area contributed by atoms with Crippen LogP contribution in [0, 0.1) is 0 Å². The summed E-state index contributed by atoms with van der Waals surface area (Å²) in [6.07, 6.45) is 2.47. The maximum absolute atomic E-state index is 10.3. The number of nitrogens with zero attached hydrogens (tertiary/aromatic N) is 3. The zero-order valence-corrected chi connectivity index (χ0v) is 12.4. The molecule has 0 aromatic rings. The van der Waals surface area contributed by atoms with Crippen LogP contribution in [0.5, 0.6) is 0 Å². The van der Waals surface area contributed by atoms with Crippen LogP contribution < -0.4 is 0 Å². The molecule has 106 valence electrons. The van der Waals surface area contributed by atoms with Gasteiger partial charge in [0.2, 0.25) is 0 Å². The molecule has 2 aliphatic rings. The van der Waals surface area contributed by atoms with Crippen molar-refractivity contribution in [3.63, 3.8) is 0 Å². The molecule has 0 aliphatic carbocycles. The van der Waals surface area contributed by atoms with Crippen LogP contribution in [0.25, 0.3) is 0 Å². The Labute approximate surface area is 112 Å². The van der Waals surface area contributed by atoms with Crippen LogP contribution >= 0.6 is 0 Å². The van der Waals surface area contributed by atoms with Gasteiger partial charge in [0, 0.05) is 6.54 Å². The lowest BCUT2D eigenvalue weighted by Gasteiger charge is -2.45. The number of quaternary nitrogens is 2. The summed E-state index contributed by atoms with van der Waals surface area (Å²) in [6.45, 7) is 9.03. The normalized spacial score (nSPS) is 29.3. The standard InChI is InChI=1S/C14H31N3O/c1-16(2)8-10-17(3,11-9-16)13-14(18)12-15-6-4-5-7-15/h14,18H,4-13H2,1-3H3/q+2. The summed E-state index contributed by atoms with van der Waals surface area (Å²) in [7, 11) is 6.93. The van der Waals surface area contributed by atoms with E-state index < -0.39 is 0 Å². The Kier molecular flexibility index (Phi) is 4.32. The monoisotopic (exact) mass is 257 g/mol. The van der Waals surface area contributed by atoms with E-state index >= 15 is 0 Å². The minimum Gasteiger partial charge on any atom is -0.386 e. The molecule has 1 atom stereocenters. The van der Waals surface area contributed by atoms with E-state index in [-0.39, 0.29) is 6.10 Å². The van der Waals surface area contributed by atoms with Gasteiger partial charge in [-0.05, 0) is 25.9 Å². The third kappa shape index (κ3) is 3.92. The van der Waals surface area contributed by atoms with E-state index in [2.05, 4.69) is 26.0 Å². The van der Waals surface area contributed by atoms with Crippen LogP contribution in [0.3, 0.4) is 0 Å². The van der Waals surface area contributed by atoms with Gasteiger partial charge < -0.3 is 19.0 Å². The number of hydrogen-bond donors (Lipinski definition) is 1. The highest BCUT2D eigenvalue weighted by Crippen LogP contribution is 2.15. The van der Waals surface area contributed by atoms with Crippen molar-refractivity contribution in [3.8, 4) is 0 Å². The zero-order chi connectivity index (χ0) is 13.2. The Morgan fingerprint density at radius 1 is 1.00 bits per heavy atom. The molecule has 2 heterocycles. The largest absolute Gasteiger partial charge is 0.386 e. The third-order valence-corrected chi connectivity index (χ3v) is 4.81. The highest BCUT2D eigenvalue weighted by Gasteiger charge is 2.36. The second kappa shape index (κ2) is 5.45. The van der Waals surface area contributed by atoms with Gasteiger partial charge in [-0.1, -0.05) is 0 Å². The number of aliphatic hydroxyl groups is 1. The molecule has 1 unspecified atom stereocenters. The third-order valence-electron chi connectivity index (χ3n) is 4.81. The smallest absolute Gasteiger partial charge is 0.129 e. The molecule has 0 spiro atoms. The molecule has 0 amide bonds. The Bertz CT molecular complexity index is 264. The van der Waals surface area contributed by atoms with E-state index in [0.29, 0.717) is 0 Å². The summed E-state index contributed by atoms with van der Waals surface area (Å²) in [6, 6.07) is 0. The van der Waals surface area contributed by atoms with E-state index in [9.17, 15) is 5.11 Å². The van der Waals surface area contributed by atoms with Gasteiger partial charge in [-0.25, -0.2) is 0 Å². The fourth-order valence-electron chi connectivity index (χ4n) is 3.26. The van der Waals surface area contributed by atoms with Crippen molar-refractivity contribution in [2.45, 2.75) is 18.9 Å². The SMILES string of the molecule is C[N+]1(C)CC[N+](C)(CC(O)CN2CCCC2)CC1. The van der Waals surface area contributed by atoms with Crippen molar-refractivity contribution in [3.05, 3.63) is 0 Å². The summed E-state index contributed by atoms with van der Waals surface area (Å²) >= 11 is 0. The van der Waals surface area contributed by atoms with E-state index in [1.807, 2.05) is 0 Å². The average molecular weight is 257 g/mol. The molecule has 2 aliphatic heterocycles. The van der Waals surface area contributed by atoms with E-state index in [4.69, 9.17) is 0 Å². The van der Waals surface area contributed by atoms with E-state index in [1.54, 1.807) is 0 Å². The van der Waals surface area contributed by atoms with Crippen LogP contribution in [0.15, 0.2) is 0 Å². The van der Waals surface area contributed by atoms with Crippen molar-refractivity contribution in [1.29, 1.82) is 0 Å². The first-order valence-electron chi connectivity index (χ1n) is 7.45. The van der Waals surface area contributed by atoms with Gasteiger partial charge in [0.1, 0.15) is 38.8 Å². The number of hydrogen-bond acceptors (Lipinski definition) is 2. The zero-order valence-electron chi connectivity index (χ0n) is 12.4. The lowest BCUT2D eigenvalue weighted by Crippen LogP contribution is -2.64. The summed E-state index contributed by atoms with van der Waals surface area (Å²) in [5.41, 5.74) is 0. The topological polar surface area (TPSA) is 23.5 Å². The molecule has 0 aromatic heterocycles. The van der Waals surface area contributed by atoms with Gasteiger partial charge in [0.15, 0.2) is 0 Å². The highest BCUT2D eigenvalue weighted by molar-refractivity contribution is 4.70. The fourth-order valence-corrected chi connectivity index (χ4v) is 3.26.